The highest BCUT2D eigenvalue weighted by Crippen LogP contribution is 2.28. The summed E-state index contributed by atoms with van der Waals surface area (Å²) in [7, 11) is 1.69. The predicted octanol–water partition coefficient (Wildman–Crippen LogP) is 2.90. The number of hydrogen-bond acceptors (Lipinski definition) is 3. The quantitative estimate of drug-likeness (QED) is 0.666. The molecule has 0 aromatic heterocycles. The highest BCUT2D eigenvalue weighted by molar-refractivity contribution is 5.94. The number of hydrazine groups is 1. The summed E-state index contributed by atoms with van der Waals surface area (Å²) in [5.74, 6) is 3.61. The van der Waals surface area contributed by atoms with E-state index in [0.29, 0.717) is 5.92 Å². The summed E-state index contributed by atoms with van der Waals surface area (Å²) in [5, 5.41) is 0. The second-order valence-corrected chi connectivity index (χ2v) is 5.79. The lowest BCUT2D eigenvalue weighted by Crippen LogP contribution is -2.39. The first-order chi connectivity index (χ1) is 9.93. The van der Waals surface area contributed by atoms with Crippen LogP contribution in [0.2, 0.25) is 0 Å². The molecule has 1 saturated carbocycles. The maximum absolute atomic E-state index is 13.7. The van der Waals surface area contributed by atoms with Crippen molar-refractivity contribution >= 4 is 11.6 Å². The standard InChI is InChI=1S/C15H21F2N3O/c1-9-3-5-11(6-4-9)20(2)15(21)10-7-12(16)14(19-18)13(17)8-10/h7-9,11,19H,3-6,18H2,1-2H3. The number of nitrogens with two attached hydrogens (primary N) is 1. The van der Waals surface area contributed by atoms with E-state index in [9.17, 15) is 13.6 Å². The first-order valence-corrected chi connectivity index (χ1v) is 7.16. The van der Waals surface area contributed by atoms with Gasteiger partial charge in [-0.25, -0.2) is 8.78 Å². The molecule has 0 unspecified atom stereocenters. The largest absolute Gasteiger partial charge is 0.339 e. The summed E-state index contributed by atoms with van der Waals surface area (Å²) >= 11 is 0. The zero-order chi connectivity index (χ0) is 15.6. The zero-order valence-electron chi connectivity index (χ0n) is 12.3. The minimum Gasteiger partial charge on any atom is -0.339 e. The molecule has 116 valence electrons. The van der Waals surface area contributed by atoms with Crippen molar-refractivity contribution in [1.82, 2.24) is 4.90 Å². The maximum Gasteiger partial charge on any atom is 0.254 e. The van der Waals surface area contributed by atoms with E-state index in [1.54, 1.807) is 11.9 Å². The molecule has 1 aromatic rings. The van der Waals surface area contributed by atoms with Crippen LogP contribution < -0.4 is 11.3 Å². The number of anilines is 1. The van der Waals surface area contributed by atoms with E-state index in [1.165, 1.54) is 0 Å². The molecule has 0 radical (unpaired) electrons. The Morgan fingerprint density at radius 3 is 2.24 bits per heavy atom. The number of benzene rings is 1. The number of hydrogen-bond donors (Lipinski definition) is 2. The fourth-order valence-electron chi connectivity index (χ4n) is 2.83. The van der Waals surface area contributed by atoms with Crippen LogP contribution in [0.5, 0.6) is 0 Å². The minimum absolute atomic E-state index is 0.00474. The Balaban J connectivity index is 2.16. The molecule has 0 saturated heterocycles. The average molecular weight is 297 g/mol. The molecule has 6 heteroatoms. The van der Waals surface area contributed by atoms with E-state index in [4.69, 9.17) is 5.84 Å². The lowest BCUT2D eigenvalue weighted by molar-refractivity contribution is 0.0678. The van der Waals surface area contributed by atoms with Crippen molar-refractivity contribution in [3.63, 3.8) is 0 Å². The summed E-state index contributed by atoms with van der Waals surface area (Å²) in [6, 6.07) is 2.16. The van der Waals surface area contributed by atoms with E-state index in [-0.39, 0.29) is 17.5 Å². The fraction of sp³-hybridized carbons (Fsp3) is 0.533. The Morgan fingerprint density at radius 2 is 1.76 bits per heavy atom. The molecule has 3 N–H and O–H groups in total. The van der Waals surface area contributed by atoms with Gasteiger partial charge in [-0.05, 0) is 43.7 Å². The topological polar surface area (TPSA) is 58.4 Å². The van der Waals surface area contributed by atoms with Crippen LogP contribution in [-0.2, 0) is 0 Å². The van der Waals surface area contributed by atoms with Gasteiger partial charge in [0.1, 0.15) is 5.69 Å². The number of amides is 1. The third-order valence-electron chi connectivity index (χ3n) is 4.29. The minimum atomic E-state index is -0.869. The SMILES string of the molecule is CC1CCC(N(C)C(=O)c2cc(F)c(NN)c(F)c2)CC1. The molecule has 1 aliphatic rings. The first-order valence-electron chi connectivity index (χ1n) is 7.16. The zero-order valence-corrected chi connectivity index (χ0v) is 12.3. The van der Waals surface area contributed by atoms with Crippen LogP contribution in [0.1, 0.15) is 43.0 Å². The molecule has 1 amide bonds. The number of nitrogens with one attached hydrogen (secondary N) is 1. The van der Waals surface area contributed by atoms with Gasteiger partial charge in [0.05, 0.1) is 0 Å². The second-order valence-electron chi connectivity index (χ2n) is 5.79. The van der Waals surface area contributed by atoms with E-state index in [0.717, 1.165) is 37.8 Å². The number of halogens is 2. The summed E-state index contributed by atoms with van der Waals surface area (Å²) in [4.78, 5) is 14.0. The molecule has 0 atom stereocenters. The Kier molecular flexibility index (Phi) is 4.77. The van der Waals surface area contributed by atoms with Gasteiger partial charge in [-0.15, -0.1) is 0 Å². The van der Waals surface area contributed by atoms with Gasteiger partial charge in [-0.3, -0.25) is 10.6 Å². The van der Waals surface area contributed by atoms with E-state index in [2.05, 4.69) is 6.92 Å². The molecule has 0 bridgehead atoms. The van der Waals surface area contributed by atoms with Crippen molar-refractivity contribution in [2.24, 2.45) is 11.8 Å². The molecular formula is C15H21F2N3O. The summed E-state index contributed by atoms with van der Waals surface area (Å²) < 4.78 is 27.4. The molecular weight excluding hydrogens is 276 g/mol. The molecule has 4 nitrogen and oxygen atoms in total. The van der Waals surface area contributed by atoms with Crippen molar-refractivity contribution in [2.75, 3.05) is 12.5 Å². The Bertz CT molecular complexity index is 505. The molecule has 0 aliphatic heterocycles. The van der Waals surface area contributed by atoms with Crippen molar-refractivity contribution < 1.29 is 13.6 Å². The maximum atomic E-state index is 13.7. The van der Waals surface area contributed by atoms with Gasteiger partial charge in [-0.2, -0.15) is 0 Å². The highest BCUT2D eigenvalue weighted by Gasteiger charge is 2.26. The van der Waals surface area contributed by atoms with E-state index >= 15 is 0 Å². The van der Waals surface area contributed by atoms with Gasteiger partial charge >= 0.3 is 0 Å². The van der Waals surface area contributed by atoms with Gasteiger partial charge in [0, 0.05) is 18.7 Å². The predicted molar refractivity (Wildman–Crippen MR) is 77.7 cm³/mol. The Hall–Kier alpha value is -1.69. The molecule has 21 heavy (non-hydrogen) atoms. The van der Waals surface area contributed by atoms with E-state index < -0.39 is 17.3 Å². The number of nitrogen functional groups attached to an aromatic ring is 1. The fourth-order valence-corrected chi connectivity index (χ4v) is 2.83. The number of carbonyl (C=O) groups excluding carboxylic acids is 1. The summed E-state index contributed by atoms with van der Waals surface area (Å²) in [6.07, 6.45) is 4.00. The first kappa shape index (κ1) is 15.7. The molecule has 1 aliphatic carbocycles. The number of rotatable bonds is 3. The molecule has 2 rings (SSSR count). The third-order valence-corrected chi connectivity index (χ3v) is 4.29. The van der Waals surface area contributed by atoms with Gasteiger partial charge < -0.3 is 10.3 Å². The molecule has 0 heterocycles. The lowest BCUT2D eigenvalue weighted by atomic mass is 9.86. The van der Waals surface area contributed by atoms with Crippen LogP contribution in [0.4, 0.5) is 14.5 Å². The van der Waals surface area contributed by atoms with Crippen molar-refractivity contribution in [2.45, 2.75) is 38.6 Å². The van der Waals surface area contributed by atoms with E-state index in [1.807, 2.05) is 5.43 Å². The monoisotopic (exact) mass is 297 g/mol. The smallest absolute Gasteiger partial charge is 0.254 e. The van der Waals surface area contributed by atoms with Crippen LogP contribution in [0.25, 0.3) is 0 Å². The van der Waals surface area contributed by atoms with Gasteiger partial charge in [0.15, 0.2) is 11.6 Å². The highest BCUT2D eigenvalue weighted by atomic mass is 19.1. The van der Waals surface area contributed by atoms with Gasteiger partial charge in [-0.1, -0.05) is 6.92 Å². The van der Waals surface area contributed by atoms with Crippen LogP contribution in [-0.4, -0.2) is 23.9 Å². The third kappa shape index (κ3) is 3.32. The van der Waals surface area contributed by atoms with Crippen molar-refractivity contribution in [3.05, 3.63) is 29.3 Å². The average Bonchev–Trinajstić information content (AvgIpc) is 2.46. The normalized spacial score (nSPS) is 22.0. The summed E-state index contributed by atoms with van der Waals surface area (Å²) in [6.45, 7) is 2.20. The van der Waals surface area contributed by atoms with Gasteiger partial charge in [0.2, 0.25) is 0 Å². The number of nitrogens with zero attached hydrogens (tertiary/aromatic N) is 1. The Labute approximate surface area is 123 Å². The van der Waals surface area contributed by atoms with Gasteiger partial charge in [0.25, 0.3) is 5.91 Å². The Morgan fingerprint density at radius 1 is 1.24 bits per heavy atom. The second kappa shape index (κ2) is 6.39. The van der Waals surface area contributed by atoms with Crippen LogP contribution in [0.15, 0.2) is 12.1 Å². The number of carbonyl (C=O) groups is 1. The van der Waals surface area contributed by atoms with Crippen LogP contribution in [0, 0.1) is 17.6 Å². The van der Waals surface area contributed by atoms with Crippen molar-refractivity contribution in [3.8, 4) is 0 Å². The van der Waals surface area contributed by atoms with Crippen LogP contribution >= 0.6 is 0 Å². The molecule has 1 aromatic carbocycles. The lowest BCUT2D eigenvalue weighted by Gasteiger charge is -2.33. The molecule has 0 spiro atoms. The summed E-state index contributed by atoms with van der Waals surface area (Å²) in [5.41, 5.74) is 1.53. The molecule has 1 fully saturated rings. The van der Waals surface area contributed by atoms with Crippen LogP contribution in [0.3, 0.4) is 0 Å². The van der Waals surface area contributed by atoms with Crippen molar-refractivity contribution in [1.29, 1.82) is 0 Å².